The maximum atomic E-state index is 11.6. The van der Waals surface area contributed by atoms with Gasteiger partial charge in [0.1, 0.15) is 5.58 Å². The number of furan rings is 1. The van der Waals surface area contributed by atoms with Gasteiger partial charge in [-0.05, 0) is 74.7 Å². The Labute approximate surface area is 189 Å². The van der Waals surface area contributed by atoms with Crippen LogP contribution in [0.5, 0.6) is 0 Å². The van der Waals surface area contributed by atoms with Crippen molar-refractivity contribution in [2.75, 3.05) is 37.6 Å². The maximum Gasteiger partial charge on any atom is 0.194 e. The van der Waals surface area contributed by atoms with Crippen LogP contribution in [0.2, 0.25) is 0 Å². The molecule has 0 spiro atoms. The van der Waals surface area contributed by atoms with Gasteiger partial charge in [0, 0.05) is 61.3 Å². The normalized spacial score (nSPS) is 15.1. The molecule has 1 fully saturated rings. The van der Waals surface area contributed by atoms with Crippen molar-refractivity contribution in [3.8, 4) is 0 Å². The minimum Gasteiger partial charge on any atom is -0.453 e. The first kappa shape index (κ1) is 20.8. The predicted octanol–water partition coefficient (Wildman–Crippen LogP) is 5.57. The summed E-state index contributed by atoms with van der Waals surface area (Å²) in [5, 5.41) is 2.38. The highest BCUT2D eigenvalue weighted by molar-refractivity contribution is 5.96. The van der Waals surface area contributed by atoms with Gasteiger partial charge >= 0.3 is 0 Å². The summed E-state index contributed by atoms with van der Waals surface area (Å²) in [5.41, 5.74) is 6.00. The molecule has 5 heteroatoms. The number of carbonyl (C=O) groups excluding carboxylic acids is 1. The molecule has 0 atom stereocenters. The summed E-state index contributed by atoms with van der Waals surface area (Å²) in [6.45, 7) is 9.11. The number of Topliss-reactive ketones (excluding diaryl/α,β-unsaturated/α-hetero) is 1. The van der Waals surface area contributed by atoms with Gasteiger partial charge in [-0.25, -0.2) is 0 Å². The molecule has 0 saturated carbocycles. The van der Waals surface area contributed by atoms with Crippen molar-refractivity contribution in [1.82, 2.24) is 9.88 Å². The number of benzene rings is 2. The number of aryl methyl sites for hydroxylation is 2. The standard InChI is InChI=1S/C27H31N3O2/c1-19-6-8-25-24(15-19)21(18-28-25)5-3-4-10-29-11-13-30(14-12-29)23-7-9-26-22(16-23)17-27(32-26)20(2)31/h6-9,15-18,28H,3-5,10-14H2,1-2H3. The third-order valence-electron chi connectivity index (χ3n) is 6.68. The fourth-order valence-electron chi connectivity index (χ4n) is 4.78. The molecule has 0 aliphatic carbocycles. The number of aromatic nitrogens is 1. The number of ketones is 1. The number of unbranched alkanes of at least 4 members (excludes halogenated alkanes) is 1. The number of nitrogens with zero attached hydrogens (tertiary/aromatic N) is 2. The van der Waals surface area contributed by atoms with Crippen molar-refractivity contribution >= 4 is 33.3 Å². The predicted molar refractivity (Wildman–Crippen MR) is 131 cm³/mol. The zero-order valence-electron chi connectivity index (χ0n) is 19.0. The molecule has 2 aromatic carbocycles. The van der Waals surface area contributed by atoms with Gasteiger partial charge in [-0.2, -0.15) is 0 Å². The lowest BCUT2D eigenvalue weighted by Gasteiger charge is -2.36. The Hall–Kier alpha value is -3.05. The number of carbonyl (C=O) groups is 1. The molecule has 32 heavy (non-hydrogen) atoms. The smallest absolute Gasteiger partial charge is 0.194 e. The molecule has 5 nitrogen and oxygen atoms in total. The van der Waals surface area contributed by atoms with Crippen LogP contribution in [0.4, 0.5) is 5.69 Å². The Morgan fingerprint density at radius 1 is 1.03 bits per heavy atom. The summed E-state index contributed by atoms with van der Waals surface area (Å²) in [7, 11) is 0. The minimum atomic E-state index is -0.0313. The first-order valence-corrected chi connectivity index (χ1v) is 11.7. The topological polar surface area (TPSA) is 52.5 Å². The van der Waals surface area contributed by atoms with Gasteiger partial charge in [0.2, 0.25) is 0 Å². The summed E-state index contributed by atoms with van der Waals surface area (Å²) in [6.07, 6.45) is 5.76. The summed E-state index contributed by atoms with van der Waals surface area (Å²) in [4.78, 5) is 20.0. The molecule has 5 rings (SSSR count). The van der Waals surface area contributed by atoms with E-state index >= 15 is 0 Å². The first-order valence-electron chi connectivity index (χ1n) is 11.7. The van der Waals surface area contributed by atoms with E-state index in [4.69, 9.17) is 4.42 Å². The van der Waals surface area contributed by atoms with Crippen LogP contribution < -0.4 is 4.90 Å². The molecule has 1 N–H and O–H groups in total. The number of piperazine rings is 1. The summed E-state index contributed by atoms with van der Waals surface area (Å²) in [6, 6.07) is 14.7. The van der Waals surface area contributed by atoms with Gasteiger partial charge in [0.25, 0.3) is 0 Å². The van der Waals surface area contributed by atoms with Crippen molar-refractivity contribution in [2.24, 2.45) is 0 Å². The highest BCUT2D eigenvalue weighted by Crippen LogP contribution is 2.26. The van der Waals surface area contributed by atoms with E-state index in [0.29, 0.717) is 5.76 Å². The van der Waals surface area contributed by atoms with Crippen molar-refractivity contribution in [1.29, 1.82) is 0 Å². The fraction of sp³-hybridized carbons (Fsp3) is 0.370. The monoisotopic (exact) mass is 429 g/mol. The highest BCUT2D eigenvalue weighted by Gasteiger charge is 2.18. The molecular formula is C27H31N3O2. The van der Waals surface area contributed by atoms with Crippen molar-refractivity contribution < 1.29 is 9.21 Å². The van der Waals surface area contributed by atoms with Gasteiger partial charge < -0.3 is 14.3 Å². The molecule has 1 aliphatic heterocycles. The van der Waals surface area contributed by atoms with E-state index in [0.717, 1.165) is 50.1 Å². The highest BCUT2D eigenvalue weighted by atomic mass is 16.3. The fourth-order valence-corrected chi connectivity index (χ4v) is 4.78. The van der Waals surface area contributed by atoms with E-state index in [-0.39, 0.29) is 5.78 Å². The number of aromatic amines is 1. The van der Waals surface area contributed by atoms with Crippen LogP contribution in [0.1, 0.15) is 41.4 Å². The summed E-state index contributed by atoms with van der Waals surface area (Å²) < 4.78 is 5.62. The number of hydrogen-bond donors (Lipinski definition) is 1. The average molecular weight is 430 g/mol. The molecule has 0 radical (unpaired) electrons. The maximum absolute atomic E-state index is 11.6. The molecule has 0 unspecified atom stereocenters. The second-order valence-electron chi connectivity index (χ2n) is 9.04. The number of anilines is 1. The Balaban J connectivity index is 1.10. The lowest BCUT2D eigenvalue weighted by atomic mass is 10.1. The molecule has 1 aliphatic rings. The Morgan fingerprint density at radius 2 is 1.88 bits per heavy atom. The van der Waals surface area contributed by atoms with Gasteiger partial charge in [0.15, 0.2) is 11.5 Å². The van der Waals surface area contributed by atoms with Crippen LogP contribution in [0.3, 0.4) is 0 Å². The first-order chi connectivity index (χ1) is 15.6. The molecule has 3 heterocycles. The molecule has 4 aromatic rings. The molecule has 166 valence electrons. The van der Waals surface area contributed by atoms with Crippen LogP contribution in [0.15, 0.2) is 53.1 Å². The van der Waals surface area contributed by atoms with Crippen molar-refractivity contribution in [3.05, 3.63) is 65.5 Å². The lowest BCUT2D eigenvalue weighted by molar-refractivity contribution is 0.0989. The lowest BCUT2D eigenvalue weighted by Crippen LogP contribution is -2.46. The number of nitrogens with one attached hydrogen (secondary N) is 1. The van der Waals surface area contributed by atoms with Crippen LogP contribution in [0, 0.1) is 6.92 Å². The minimum absolute atomic E-state index is 0.0313. The number of rotatable bonds is 7. The molecule has 2 aromatic heterocycles. The number of hydrogen-bond acceptors (Lipinski definition) is 4. The second-order valence-corrected chi connectivity index (χ2v) is 9.04. The van der Waals surface area contributed by atoms with Crippen LogP contribution in [-0.4, -0.2) is 48.4 Å². The quantitative estimate of drug-likeness (QED) is 0.308. The largest absolute Gasteiger partial charge is 0.453 e. The van der Waals surface area contributed by atoms with Crippen molar-refractivity contribution in [3.63, 3.8) is 0 Å². The summed E-state index contributed by atoms with van der Waals surface area (Å²) >= 11 is 0. The van der Waals surface area contributed by atoms with E-state index < -0.39 is 0 Å². The zero-order chi connectivity index (χ0) is 22.1. The van der Waals surface area contributed by atoms with Crippen molar-refractivity contribution in [2.45, 2.75) is 33.1 Å². The third-order valence-corrected chi connectivity index (χ3v) is 6.68. The Bertz CT molecular complexity index is 1240. The third kappa shape index (κ3) is 4.30. The van der Waals surface area contributed by atoms with E-state index in [2.05, 4.69) is 58.2 Å². The number of fused-ring (bicyclic) bond motifs is 2. The molecular weight excluding hydrogens is 398 g/mol. The van der Waals surface area contributed by atoms with Gasteiger partial charge in [0.05, 0.1) is 0 Å². The Kier molecular flexibility index (Phi) is 5.75. The molecule has 0 amide bonds. The average Bonchev–Trinajstić information content (AvgIpc) is 3.40. The Morgan fingerprint density at radius 3 is 2.69 bits per heavy atom. The number of H-pyrrole nitrogens is 1. The SMILES string of the molecule is CC(=O)c1cc2cc(N3CCN(CCCCc4c[nH]c5ccc(C)cc45)CC3)ccc2o1. The van der Waals surface area contributed by atoms with Gasteiger partial charge in [-0.1, -0.05) is 11.6 Å². The van der Waals surface area contributed by atoms with Crippen LogP contribution in [0.25, 0.3) is 21.9 Å². The van der Waals surface area contributed by atoms with E-state index in [1.54, 1.807) is 6.92 Å². The van der Waals surface area contributed by atoms with E-state index in [1.807, 2.05) is 12.1 Å². The zero-order valence-corrected chi connectivity index (χ0v) is 19.0. The second kappa shape index (κ2) is 8.83. The van der Waals surface area contributed by atoms with Gasteiger partial charge in [-0.15, -0.1) is 0 Å². The van der Waals surface area contributed by atoms with E-state index in [9.17, 15) is 4.79 Å². The molecule has 0 bridgehead atoms. The van der Waals surface area contributed by atoms with Crippen LogP contribution >= 0.6 is 0 Å². The molecule has 1 saturated heterocycles. The van der Waals surface area contributed by atoms with E-state index in [1.165, 1.54) is 40.6 Å². The summed E-state index contributed by atoms with van der Waals surface area (Å²) in [5.74, 6) is 0.404. The van der Waals surface area contributed by atoms with Gasteiger partial charge in [-0.3, -0.25) is 9.69 Å². The van der Waals surface area contributed by atoms with Crippen LogP contribution in [-0.2, 0) is 6.42 Å².